The first-order chi connectivity index (χ1) is 10.1. The molecule has 1 aliphatic heterocycles. The Hall–Kier alpha value is -1.72. The van der Waals surface area contributed by atoms with Gasteiger partial charge in [0.2, 0.25) is 0 Å². The van der Waals surface area contributed by atoms with Crippen molar-refractivity contribution >= 4 is 23.2 Å². The van der Waals surface area contributed by atoms with Crippen molar-refractivity contribution in [2.75, 3.05) is 0 Å². The van der Waals surface area contributed by atoms with Crippen LogP contribution in [0.5, 0.6) is 0 Å². The summed E-state index contributed by atoms with van der Waals surface area (Å²) >= 11 is 12.3. The molecule has 0 N–H and O–H groups in total. The molecule has 2 aromatic rings. The molecule has 0 fully saturated rings. The molecule has 1 atom stereocenters. The van der Waals surface area contributed by atoms with Crippen LogP contribution >= 0.6 is 23.2 Å². The van der Waals surface area contributed by atoms with Crippen molar-refractivity contribution < 1.29 is 9.47 Å². The molecule has 3 rings (SSSR count). The molecule has 5 nitrogen and oxygen atoms in total. The number of benzene rings is 1. The molecule has 0 saturated carbocycles. The molecule has 1 unspecified atom stereocenters. The normalized spacial score (nSPS) is 20.8. The van der Waals surface area contributed by atoms with Gasteiger partial charge in [-0.05, 0) is 18.2 Å². The Morgan fingerprint density at radius 3 is 2.81 bits per heavy atom. The van der Waals surface area contributed by atoms with Gasteiger partial charge in [0, 0.05) is 11.4 Å². The summed E-state index contributed by atoms with van der Waals surface area (Å²) in [7, 11) is 0. The van der Waals surface area contributed by atoms with E-state index in [2.05, 4.69) is 10.1 Å². The van der Waals surface area contributed by atoms with E-state index in [-0.39, 0.29) is 0 Å². The minimum atomic E-state index is -1.05. The largest absolute Gasteiger partial charge is 0.451 e. The summed E-state index contributed by atoms with van der Waals surface area (Å²) in [4.78, 5) is 3.93. The fourth-order valence-electron chi connectivity index (χ4n) is 2.18. The number of nitrogens with zero attached hydrogens (tertiary/aromatic N) is 3. The third-order valence-electron chi connectivity index (χ3n) is 3.20. The lowest BCUT2D eigenvalue weighted by molar-refractivity contribution is -0.169. The Balaban J connectivity index is 2.00. The first kappa shape index (κ1) is 14.2. The quantitative estimate of drug-likeness (QED) is 0.859. The number of ether oxygens (including phenoxy) is 2. The minimum absolute atomic E-state index is 0.328. The molecule has 21 heavy (non-hydrogen) atoms. The second kappa shape index (κ2) is 5.58. The maximum absolute atomic E-state index is 6.32. The van der Waals surface area contributed by atoms with E-state index < -0.39 is 5.79 Å². The second-order valence-corrected chi connectivity index (χ2v) is 5.47. The van der Waals surface area contributed by atoms with Crippen molar-refractivity contribution in [2.24, 2.45) is 0 Å². The Morgan fingerprint density at radius 2 is 2.19 bits per heavy atom. The highest BCUT2D eigenvalue weighted by Crippen LogP contribution is 2.41. The van der Waals surface area contributed by atoms with Gasteiger partial charge >= 0.3 is 0 Å². The van der Waals surface area contributed by atoms with Crippen LogP contribution in [-0.2, 0) is 21.8 Å². The van der Waals surface area contributed by atoms with Gasteiger partial charge in [0.25, 0.3) is 5.79 Å². The van der Waals surface area contributed by atoms with Crippen LogP contribution in [0, 0.1) is 0 Å². The molecule has 0 bridgehead atoms. The zero-order valence-electron chi connectivity index (χ0n) is 11.3. The summed E-state index contributed by atoms with van der Waals surface area (Å²) < 4.78 is 13.5. The summed E-state index contributed by atoms with van der Waals surface area (Å²) in [6.45, 7) is 2.32. The number of hydrogen-bond donors (Lipinski definition) is 0. The highest BCUT2D eigenvalue weighted by molar-refractivity contribution is 6.35. The van der Waals surface area contributed by atoms with Gasteiger partial charge in [-0.25, -0.2) is 9.67 Å². The van der Waals surface area contributed by atoms with E-state index in [0.717, 1.165) is 12.2 Å². The number of aromatic nitrogens is 3. The molecule has 0 aliphatic carbocycles. The molecule has 0 radical (unpaired) electrons. The Bertz CT molecular complexity index is 673. The Labute approximate surface area is 132 Å². The van der Waals surface area contributed by atoms with Gasteiger partial charge in [-0.15, -0.1) is 0 Å². The molecule has 110 valence electrons. The van der Waals surface area contributed by atoms with Gasteiger partial charge in [-0.3, -0.25) is 0 Å². The summed E-state index contributed by atoms with van der Waals surface area (Å²) in [6, 6.07) is 5.22. The smallest absolute Gasteiger partial charge is 0.298 e. The van der Waals surface area contributed by atoms with Gasteiger partial charge in [0.1, 0.15) is 31.2 Å². The predicted molar refractivity (Wildman–Crippen MR) is 78.7 cm³/mol. The SMILES string of the molecule is CCC1=COC(Cn2cncn2)(c2ccc(Cl)cc2Cl)O1. The summed E-state index contributed by atoms with van der Waals surface area (Å²) in [5.41, 5.74) is 0.698. The van der Waals surface area contributed by atoms with Crippen LogP contribution in [-0.4, -0.2) is 14.8 Å². The molecule has 0 spiro atoms. The van der Waals surface area contributed by atoms with Crippen molar-refractivity contribution in [3.05, 3.63) is 58.5 Å². The topological polar surface area (TPSA) is 49.2 Å². The van der Waals surface area contributed by atoms with Crippen LogP contribution < -0.4 is 0 Å². The van der Waals surface area contributed by atoms with E-state index >= 15 is 0 Å². The van der Waals surface area contributed by atoms with Crippen molar-refractivity contribution in [1.29, 1.82) is 0 Å². The number of halogens is 2. The van der Waals surface area contributed by atoms with E-state index in [4.69, 9.17) is 32.7 Å². The van der Waals surface area contributed by atoms with Gasteiger partial charge in [0.05, 0.1) is 10.6 Å². The Morgan fingerprint density at radius 1 is 1.33 bits per heavy atom. The lowest BCUT2D eigenvalue weighted by Gasteiger charge is -2.29. The second-order valence-electron chi connectivity index (χ2n) is 4.63. The molecule has 1 aromatic carbocycles. The van der Waals surface area contributed by atoms with Gasteiger partial charge in [-0.1, -0.05) is 30.1 Å². The third kappa shape index (κ3) is 2.71. The standard InChI is InChI=1S/C14H13Cl2N3O2/c1-2-11-6-20-14(21-11,7-19-9-17-8-18-19)12-4-3-10(15)5-13(12)16/h3-6,8-9H,2,7H2,1H3. The first-order valence-electron chi connectivity index (χ1n) is 6.47. The van der Waals surface area contributed by atoms with Crippen LogP contribution in [0.25, 0.3) is 0 Å². The predicted octanol–water partition coefficient (Wildman–Crippen LogP) is 3.74. The van der Waals surface area contributed by atoms with Crippen molar-refractivity contribution in [3.8, 4) is 0 Å². The van der Waals surface area contributed by atoms with E-state index in [1.54, 1.807) is 35.5 Å². The van der Waals surface area contributed by atoms with Crippen LogP contribution in [0.15, 0.2) is 42.9 Å². The zero-order chi connectivity index (χ0) is 14.9. The first-order valence-corrected chi connectivity index (χ1v) is 7.22. The van der Waals surface area contributed by atoms with Gasteiger partial charge < -0.3 is 9.47 Å². The van der Waals surface area contributed by atoms with Gasteiger partial charge in [0.15, 0.2) is 0 Å². The molecule has 1 aromatic heterocycles. The zero-order valence-corrected chi connectivity index (χ0v) is 12.8. The molecular weight excluding hydrogens is 313 g/mol. The average Bonchev–Trinajstić information content (AvgIpc) is 3.09. The Kier molecular flexibility index (Phi) is 3.78. The molecule has 2 heterocycles. The fraction of sp³-hybridized carbons (Fsp3) is 0.286. The van der Waals surface area contributed by atoms with Crippen LogP contribution in [0.2, 0.25) is 10.0 Å². The van der Waals surface area contributed by atoms with E-state index in [1.165, 1.54) is 6.33 Å². The van der Waals surface area contributed by atoms with E-state index in [0.29, 0.717) is 22.2 Å². The summed E-state index contributed by atoms with van der Waals surface area (Å²) in [6.07, 6.45) is 5.40. The highest BCUT2D eigenvalue weighted by atomic mass is 35.5. The number of hydrogen-bond acceptors (Lipinski definition) is 4. The minimum Gasteiger partial charge on any atom is -0.451 e. The average molecular weight is 326 g/mol. The highest BCUT2D eigenvalue weighted by Gasteiger charge is 2.43. The van der Waals surface area contributed by atoms with Crippen LogP contribution in [0.4, 0.5) is 0 Å². The van der Waals surface area contributed by atoms with E-state index in [9.17, 15) is 0 Å². The molecule has 0 saturated heterocycles. The van der Waals surface area contributed by atoms with E-state index in [1.807, 2.05) is 6.92 Å². The van der Waals surface area contributed by atoms with Crippen molar-refractivity contribution in [3.63, 3.8) is 0 Å². The van der Waals surface area contributed by atoms with Crippen molar-refractivity contribution in [1.82, 2.24) is 14.8 Å². The summed E-state index contributed by atoms with van der Waals surface area (Å²) in [5.74, 6) is -0.304. The maximum Gasteiger partial charge on any atom is 0.298 e. The monoisotopic (exact) mass is 325 g/mol. The van der Waals surface area contributed by atoms with Crippen LogP contribution in [0.3, 0.4) is 0 Å². The molecule has 7 heteroatoms. The van der Waals surface area contributed by atoms with Crippen LogP contribution in [0.1, 0.15) is 18.9 Å². The number of rotatable bonds is 4. The van der Waals surface area contributed by atoms with Gasteiger partial charge in [-0.2, -0.15) is 5.10 Å². The maximum atomic E-state index is 6.32. The third-order valence-corrected chi connectivity index (χ3v) is 3.75. The lowest BCUT2D eigenvalue weighted by atomic mass is 10.1. The lowest BCUT2D eigenvalue weighted by Crippen LogP contribution is -2.33. The molecule has 1 aliphatic rings. The van der Waals surface area contributed by atoms with Crippen molar-refractivity contribution in [2.45, 2.75) is 25.7 Å². The fourth-order valence-corrected chi connectivity index (χ4v) is 2.73. The summed E-state index contributed by atoms with van der Waals surface area (Å²) in [5, 5.41) is 5.14. The number of allylic oxidation sites excluding steroid dienone is 1. The molecular formula is C14H13Cl2N3O2. The molecule has 0 amide bonds.